The Balaban J connectivity index is 1.44. The lowest BCUT2D eigenvalue weighted by Gasteiger charge is -2.23. The number of carbonyl (C=O) groups excluding carboxylic acids is 2. The number of benzene rings is 2. The van der Waals surface area contributed by atoms with Crippen molar-refractivity contribution in [3.63, 3.8) is 0 Å². The molecule has 3 atom stereocenters. The smallest absolute Gasteiger partial charge is 0.408 e. The van der Waals surface area contributed by atoms with Gasteiger partial charge in [0.1, 0.15) is 11.6 Å². The van der Waals surface area contributed by atoms with Crippen LogP contribution < -0.4 is 16.0 Å². The molecule has 0 bridgehead atoms. The van der Waals surface area contributed by atoms with Crippen LogP contribution in [0.5, 0.6) is 0 Å². The number of amides is 2. The zero-order valence-corrected chi connectivity index (χ0v) is 20.9. The van der Waals surface area contributed by atoms with Gasteiger partial charge in [0.2, 0.25) is 5.91 Å². The second-order valence-electron chi connectivity index (χ2n) is 10.2. The van der Waals surface area contributed by atoms with Crippen molar-refractivity contribution in [2.24, 2.45) is 0 Å². The number of hydrogen-bond acceptors (Lipinski definition) is 4. The van der Waals surface area contributed by atoms with E-state index in [1.54, 1.807) is 0 Å². The molecule has 184 valence electrons. The van der Waals surface area contributed by atoms with E-state index in [4.69, 9.17) is 4.74 Å². The molecular weight excluding hydrogens is 426 g/mol. The molecule has 0 heterocycles. The van der Waals surface area contributed by atoms with Crippen LogP contribution in [0.1, 0.15) is 69.1 Å². The molecule has 1 unspecified atom stereocenters. The van der Waals surface area contributed by atoms with Crippen LogP contribution in [0.4, 0.5) is 4.79 Å². The normalized spacial score (nSPS) is 18.1. The summed E-state index contributed by atoms with van der Waals surface area (Å²) in [7, 11) is 0. The highest BCUT2D eigenvalue weighted by Gasteiger charge is 2.37. The first-order valence-electron chi connectivity index (χ1n) is 12.3. The maximum atomic E-state index is 12.9. The van der Waals surface area contributed by atoms with E-state index < -0.39 is 17.7 Å². The van der Waals surface area contributed by atoms with Crippen molar-refractivity contribution >= 4 is 12.0 Å². The fraction of sp³-hybridized carbons (Fsp3) is 0.500. The molecule has 6 heteroatoms. The minimum atomic E-state index is -0.627. The van der Waals surface area contributed by atoms with E-state index in [1.807, 2.05) is 58.0 Å². The van der Waals surface area contributed by atoms with Crippen LogP contribution in [-0.2, 0) is 16.1 Å². The monoisotopic (exact) mass is 465 g/mol. The first-order valence-corrected chi connectivity index (χ1v) is 12.3. The van der Waals surface area contributed by atoms with Crippen LogP contribution in [-0.4, -0.2) is 36.2 Å². The summed E-state index contributed by atoms with van der Waals surface area (Å²) in [5, 5.41) is 9.35. The SMILES string of the molecule is Cc1cccc(CNC(=O)C(CCCCN[C@@H]2C[C@H]2c2ccccc2)NC(=O)OC(C)(C)C)c1. The fourth-order valence-electron chi connectivity index (χ4n) is 4.10. The topological polar surface area (TPSA) is 79.5 Å². The summed E-state index contributed by atoms with van der Waals surface area (Å²) in [4.78, 5) is 25.2. The van der Waals surface area contributed by atoms with Gasteiger partial charge in [-0.05, 0) is 71.0 Å². The third-order valence-corrected chi connectivity index (χ3v) is 5.90. The molecule has 2 amide bonds. The summed E-state index contributed by atoms with van der Waals surface area (Å²) >= 11 is 0. The van der Waals surface area contributed by atoms with Crippen molar-refractivity contribution in [3.8, 4) is 0 Å². The van der Waals surface area contributed by atoms with Gasteiger partial charge in [-0.3, -0.25) is 4.79 Å². The fourth-order valence-corrected chi connectivity index (χ4v) is 4.10. The number of rotatable bonds is 11. The second kappa shape index (κ2) is 12.0. The molecule has 3 rings (SSSR count). The highest BCUT2D eigenvalue weighted by molar-refractivity contribution is 5.85. The molecule has 2 aromatic carbocycles. The van der Waals surface area contributed by atoms with E-state index in [0.29, 0.717) is 24.9 Å². The van der Waals surface area contributed by atoms with Crippen molar-refractivity contribution in [1.82, 2.24) is 16.0 Å². The Bertz CT molecular complexity index is 939. The average molecular weight is 466 g/mol. The Morgan fingerprint density at radius 3 is 2.53 bits per heavy atom. The number of unbranched alkanes of at least 4 members (excludes halogenated alkanes) is 1. The van der Waals surface area contributed by atoms with Gasteiger partial charge in [0.05, 0.1) is 0 Å². The summed E-state index contributed by atoms with van der Waals surface area (Å²) in [5.41, 5.74) is 2.96. The van der Waals surface area contributed by atoms with E-state index in [-0.39, 0.29) is 5.91 Å². The number of carbonyl (C=O) groups is 2. The first-order chi connectivity index (χ1) is 16.2. The molecule has 3 N–H and O–H groups in total. The van der Waals surface area contributed by atoms with Gasteiger partial charge < -0.3 is 20.7 Å². The average Bonchev–Trinajstić information content (AvgIpc) is 3.55. The molecule has 1 aliphatic rings. The molecule has 0 aromatic heterocycles. The molecule has 1 fully saturated rings. The summed E-state index contributed by atoms with van der Waals surface area (Å²) in [6.07, 6.45) is 2.94. The van der Waals surface area contributed by atoms with Crippen molar-refractivity contribution in [2.75, 3.05) is 6.54 Å². The van der Waals surface area contributed by atoms with Gasteiger partial charge in [-0.2, -0.15) is 0 Å². The van der Waals surface area contributed by atoms with Gasteiger partial charge in [-0.15, -0.1) is 0 Å². The Morgan fingerprint density at radius 2 is 1.82 bits per heavy atom. The van der Waals surface area contributed by atoms with Gasteiger partial charge in [-0.1, -0.05) is 60.2 Å². The van der Waals surface area contributed by atoms with Gasteiger partial charge in [0.15, 0.2) is 0 Å². The number of nitrogens with one attached hydrogen (secondary N) is 3. The highest BCUT2D eigenvalue weighted by Crippen LogP contribution is 2.40. The van der Waals surface area contributed by atoms with E-state index in [1.165, 1.54) is 12.0 Å². The third kappa shape index (κ3) is 8.82. The van der Waals surface area contributed by atoms with Crippen molar-refractivity contribution in [1.29, 1.82) is 0 Å². The number of ether oxygens (including phenoxy) is 1. The van der Waals surface area contributed by atoms with Gasteiger partial charge in [0, 0.05) is 18.5 Å². The minimum Gasteiger partial charge on any atom is -0.444 e. The molecule has 1 saturated carbocycles. The number of aryl methyl sites for hydroxylation is 1. The molecule has 1 aliphatic carbocycles. The largest absolute Gasteiger partial charge is 0.444 e. The minimum absolute atomic E-state index is 0.188. The predicted molar refractivity (Wildman–Crippen MR) is 136 cm³/mol. The zero-order chi connectivity index (χ0) is 24.6. The Morgan fingerprint density at radius 1 is 1.06 bits per heavy atom. The lowest BCUT2D eigenvalue weighted by atomic mass is 10.1. The lowest BCUT2D eigenvalue weighted by molar-refractivity contribution is -0.123. The van der Waals surface area contributed by atoms with Crippen LogP contribution >= 0.6 is 0 Å². The standard InChI is InChI=1S/C28H39N3O3/c1-20-11-10-12-21(17-20)19-30-26(32)24(31-27(33)34-28(2,3)4)15-8-9-16-29-25-18-23(25)22-13-6-5-7-14-22/h5-7,10-14,17,23-25,29H,8-9,15-16,18-19H2,1-4H3,(H,30,32)(H,31,33)/t23-,24?,25+/m0/s1. The number of hydrogen-bond donors (Lipinski definition) is 3. The Kier molecular flexibility index (Phi) is 9.11. The maximum absolute atomic E-state index is 12.9. The van der Waals surface area contributed by atoms with E-state index in [2.05, 4.69) is 40.2 Å². The molecule has 6 nitrogen and oxygen atoms in total. The van der Waals surface area contributed by atoms with Crippen molar-refractivity contribution < 1.29 is 14.3 Å². The Labute approximate surface area is 203 Å². The molecule has 0 spiro atoms. The Hall–Kier alpha value is -2.86. The summed E-state index contributed by atoms with van der Waals surface area (Å²) < 4.78 is 5.38. The van der Waals surface area contributed by atoms with Crippen molar-refractivity contribution in [3.05, 3.63) is 71.3 Å². The summed E-state index contributed by atoms with van der Waals surface area (Å²) in [6, 6.07) is 18.5. The van der Waals surface area contributed by atoms with Gasteiger partial charge >= 0.3 is 6.09 Å². The molecule has 2 aromatic rings. The van der Waals surface area contributed by atoms with Gasteiger partial charge in [0.25, 0.3) is 0 Å². The van der Waals surface area contributed by atoms with Crippen LogP contribution in [0.3, 0.4) is 0 Å². The molecular formula is C28H39N3O3. The lowest BCUT2D eigenvalue weighted by Crippen LogP contribution is -2.48. The predicted octanol–water partition coefficient (Wildman–Crippen LogP) is 4.82. The molecule has 34 heavy (non-hydrogen) atoms. The van der Waals surface area contributed by atoms with E-state index in [9.17, 15) is 9.59 Å². The van der Waals surface area contributed by atoms with Crippen LogP contribution in [0, 0.1) is 6.92 Å². The molecule has 0 aliphatic heterocycles. The highest BCUT2D eigenvalue weighted by atomic mass is 16.6. The summed E-state index contributed by atoms with van der Waals surface area (Å²) in [6.45, 7) is 8.79. The quantitative estimate of drug-likeness (QED) is 0.416. The van der Waals surface area contributed by atoms with E-state index >= 15 is 0 Å². The van der Waals surface area contributed by atoms with Crippen LogP contribution in [0.2, 0.25) is 0 Å². The molecule has 0 saturated heterocycles. The second-order valence-corrected chi connectivity index (χ2v) is 10.2. The first kappa shape index (κ1) is 25.8. The number of alkyl carbamates (subject to hydrolysis) is 1. The van der Waals surface area contributed by atoms with Crippen LogP contribution in [0.15, 0.2) is 54.6 Å². The van der Waals surface area contributed by atoms with E-state index in [0.717, 1.165) is 30.5 Å². The van der Waals surface area contributed by atoms with Gasteiger partial charge in [-0.25, -0.2) is 4.79 Å². The summed E-state index contributed by atoms with van der Waals surface area (Å²) in [5.74, 6) is 0.418. The zero-order valence-electron chi connectivity index (χ0n) is 20.9. The van der Waals surface area contributed by atoms with Crippen LogP contribution in [0.25, 0.3) is 0 Å². The molecule has 0 radical (unpaired) electrons. The third-order valence-electron chi connectivity index (χ3n) is 5.90. The van der Waals surface area contributed by atoms with Crippen molar-refractivity contribution in [2.45, 2.75) is 83.5 Å². The maximum Gasteiger partial charge on any atom is 0.408 e.